The number of halogens is 6. The van der Waals surface area contributed by atoms with Gasteiger partial charge in [-0.15, -0.1) is 0 Å². The molecule has 3 heterocycles. The minimum Gasteiger partial charge on any atom is -0.394 e. The van der Waals surface area contributed by atoms with Gasteiger partial charge in [-0.3, -0.25) is 9.99 Å². The van der Waals surface area contributed by atoms with Crippen LogP contribution in [-0.4, -0.2) is 66.0 Å². The van der Waals surface area contributed by atoms with Gasteiger partial charge in [-0.2, -0.15) is 31.4 Å². The van der Waals surface area contributed by atoms with Crippen molar-refractivity contribution in [1.29, 1.82) is 0 Å². The predicted octanol–water partition coefficient (Wildman–Crippen LogP) is 1.92. The molecule has 0 saturated carbocycles. The molecule has 16 heteroatoms. The summed E-state index contributed by atoms with van der Waals surface area (Å²) < 4.78 is 85.0. The number of imidazole rings is 1. The molecular weight excluding hydrogens is 490 g/mol. The molecule has 4 rings (SSSR count). The highest BCUT2D eigenvalue weighted by Gasteiger charge is 2.44. The normalized spacial score (nSPS) is 23.5. The van der Waals surface area contributed by atoms with Crippen molar-refractivity contribution in [1.82, 2.24) is 19.5 Å². The molecule has 1 aliphatic rings. The molecule has 1 aliphatic heterocycles. The molecule has 0 aliphatic carbocycles. The van der Waals surface area contributed by atoms with Crippen molar-refractivity contribution in [3.05, 3.63) is 47.5 Å². The fourth-order valence-corrected chi connectivity index (χ4v) is 3.48. The molecule has 1 aromatic carbocycles. The highest BCUT2D eigenvalue weighted by atomic mass is 19.4. The molecule has 2 unspecified atom stereocenters. The van der Waals surface area contributed by atoms with Gasteiger partial charge in [0.15, 0.2) is 23.2 Å². The summed E-state index contributed by atoms with van der Waals surface area (Å²) >= 11 is 0. The lowest BCUT2D eigenvalue weighted by Gasteiger charge is -2.16. The summed E-state index contributed by atoms with van der Waals surface area (Å²) in [5.41, 5.74) is -1.09. The molecule has 10 nitrogen and oxygen atoms in total. The fraction of sp³-hybridized carbons (Fsp3) is 0.368. The summed E-state index contributed by atoms with van der Waals surface area (Å²) in [7, 11) is 0. The molecule has 0 bridgehead atoms. The van der Waals surface area contributed by atoms with Crippen LogP contribution in [0.15, 0.2) is 36.0 Å². The van der Waals surface area contributed by atoms with Crippen LogP contribution >= 0.6 is 0 Å². The van der Waals surface area contributed by atoms with E-state index >= 15 is 0 Å². The number of aliphatic hydroxyl groups excluding tert-OH is 3. The van der Waals surface area contributed by atoms with Crippen molar-refractivity contribution < 1.29 is 46.4 Å². The van der Waals surface area contributed by atoms with Crippen molar-refractivity contribution in [3.63, 3.8) is 0 Å². The highest BCUT2D eigenvalue weighted by molar-refractivity contribution is 5.85. The standard InChI is InChI=1S/C19H16F6N6O4/c20-18(21,22)9-2-1-8(10(3-9)19(23,24)25)4-29-30-15-12-16(27-6-26-15)31(7-28-12)17-14(34)13(33)11(5-32)35-17/h1-4,6-7,11,13-14,17,32-34H,5H2,(H,26,27,30)/b29-4+/t11-,13?,14?,17-/m1/s1. The van der Waals surface area contributed by atoms with E-state index < -0.39 is 60.2 Å². The van der Waals surface area contributed by atoms with E-state index in [9.17, 15) is 41.7 Å². The number of hydrazone groups is 1. The molecule has 35 heavy (non-hydrogen) atoms. The predicted molar refractivity (Wildman–Crippen MR) is 106 cm³/mol. The second kappa shape index (κ2) is 9.03. The number of fused-ring (bicyclic) bond motifs is 1. The van der Waals surface area contributed by atoms with E-state index in [-0.39, 0.29) is 23.0 Å². The summed E-state index contributed by atoms with van der Waals surface area (Å²) in [6.07, 6.45) is -12.1. The summed E-state index contributed by atoms with van der Waals surface area (Å²) in [4.78, 5) is 12.0. The van der Waals surface area contributed by atoms with E-state index in [1.54, 1.807) is 0 Å². The van der Waals surface area contributed by atoms with E-state index in [0.29, 0.717) is 18.3 Å². The zero-order chi connectivity index (χ0) is 25.5. The molecule has 0 amide bonds. The van der Waals surface area contributed by atoms with Crippen molar-refractivity contribution >= 4 is 23.2 Å². The summed E-state index contributed by atoms with van der Waals surface area (Å²) in [6, 6.07) is 1.14. The van der Waals surface area contributed by atoms with Crippen LogP contribution in [0.1, 0.15) is 22.9 Å². The van der Waals surface area contributed by atoms with Crippen LogP contribution in [0.5, 0.6) is 0 Å². The highest BCUT2D eigenvalue weighted by Crippen LogP contribution is 2.37. The number of nitrogens with zero attached hydrogens (tertiary/aromatic N) is 5. The number of hydrogen-bond acceptors (Lipinski definition) is 9. The first kappa shape index (κ1) is 24.8. The molecule has 2 aromatic heterocycles. The van der Waals surface area contributed by atoms with Crippen LogP contribution in [0.25, 0.3) is 11.2 Å². The Morgan fingerprint density at radius 1 is 1.06 bits per heavy atom. The molecule has 188 valence electrons. The Hall–Kier alpha value is -3.34. The number of hydrogen-bond donors (Lipinski definition) is 4. The maximum absolute atomic E-state index is 13.3. The van der Waals surface area contributed by atoms with Crippen LogP contribution in [0.3, 0.4) is 0 Å². The second-order valence-electron chi connectivity index (χ2n) is 7.44. The van der Waals surface area contributed by atoms with E-state index in [0.717, 1.165) is 6.33 Å². The Labute approximate surface area is 191 Å². The minimum atomic E-state index is -5.07. The molecule has 4 atom stereocenters. The summed E-state index contributed by atoms with van der Waals surface area (Å²) in [6.45, 7) is -0.554. The molecular formula is C19H16F6N6O4. The Morgan fingerprint density at radius 2 is 1.80 bits per heavy atom. The average molecular weight is 506 g/mol. The van der Waals surface area contributed by atoms with Gasteiger partial charge >= 0.3 is 12.4 Å². The Bertz CT molecular complexity index is 1250. The molecule has 1 fully saturated rings. The SMILES string of the molecule is OC[C@H]1O[C@@H](n2cnc3c(N/N=C/c4ccc(C(F)(F)F)cc4C(F)(F)F)ncnc32)C(O)C1O. The van der Waals surface area contributed by atoms with Gasteiger partial charge in [0.2, 0.25) is 0 Å². The van der Waals surface area contributed by atoms with Gasteiger partial charge < -0.3 is 20.1 Å². The van der Waals surface area contributed by atoms with Gasteiger partial charge in [0.05, 0.1) is 30.3 Å². The van der Waals surface area contributed by atoms with Crippen LogP contribution in [-0.2, 0) is 17.1 Å². The topological polar surface area (TPSA) is 138 Å². The van der Waals surface area contributed by atoms with Crippen LogP contribution in [0.4, 0.5) is 32.2 Å². The third-order valence-electron chi connectivity index (χ3n) is 5.21. The van der Waals surface area contributed by atoms with Crippen LogP contribution < -0.4 is 5.43 Å². The lowest BCUT2D eigenvalue weighted by atomic mass is 10.0. The number of anilines is 1. The lowest BCUT2D eigenvalue weighted by molar-refractivity contribution is -0.143. The first-order chi connectivity index (χ1) is 16.4. The van der Waals surface area contributed by atoms with Crippen LogP contribution in [0, 0.1) is 0 Å². The largest absolute Gasteiger partial charge is 0.417 e. The molecule has 0 spiro atoms. The van der Waals surface area contributed by atoms with E-state index in [2.05, 4.69) is 25.5 Å². The maximum Gasteiger partial charge on any atom is 0.417 e. The van der Waals surface area contributed by atoms with Crippen molar-refractivity contribution in [2.75, 3.05) is 12.0 Å². The zero-order valence-electron chi connectivity index (χ0n) is 17.2. The van der Waals surface area contributed by atoms with Crippen molar-refractivity contribution in [2.45, 2.75) is 36.9 Å². The van der Waals surface area contributed by atoms with Gasteiger partial charge in [-0.05, 0) is 12.1 Å². The molecule has 1 saturated heterocycles. The van der Waals surface area contributed by atoms with Crippen molar-refractivity contribution in [2.24, 2.45) is 5.10 Å². The maximum atomic E-state index is 13.3. The molecule has 4 N–H and O–H groups in total. The monoisotopic (exact) mass is 506 g/mol. The van der Waals surface area contributed by atoms with E-state index in [4.69, 9.17) is 4.74 Å². The lowest BCUT2D eigenvalue weighted by Crippen LogP contribution is -2.33. The number of rotatable bonds is 5. The van der Waals surface area contributed by atoms with Crippen LogP contribution in [0.2, 0.25) is 0 Å². The molecule has 0 radical (unpaired) electrons. The smallest absolute Gasteiger partial charge is 0.394 e. The van der Waals surface area contributed by atoms with Gasteiger partial charge in [-0.25, -0.2) is 15.0 Å². The fourth-order valence-electron chi connectivity index (χ4n) is 3.48. The van der Waals surface area contributed by atoms with Crippen molar-refractivity contribution in [3.8, 4) is 0 Å². The van der Waals surface area contributed by atoms with E-state index in [1.807, 2.05) is 0 Å². The van der Waals surface area contributed by atoms with Gasteiger partial charge in [0.25, 0.3) is 0 Å². The third kappa shape index (κ3) is 4.77. The number of benzene rings is 1. The Morgan fingerprint density at radius 3 is 2.43 bits per heavy atom. The Kier molecular flexibility index (Phi) is 6.39. The third-order valence-corrected chi connectivity index (χ3v) is 5.21. The number of aliphatic hydroxyl groups is 3. The molecule has 3 aromatic rings. The number of aromatic nitrogens is 4. The number of ether oxygens (including phenoxy) is 1. The number of nitrogens with one attached hydrogen (secondary N) is 1. The van der Waals surface area contributed by atoms with E-state index in [1.165, 1.54) is 10.9 Å². The first-order valence-electron chi connectivity index (χ1n) is 9.79. The summed E-state index contributed by atoms with van der Waals surface area (Å²) in [5.74, 6) is -0.0720. The van der Waals surface area contributed by atoms with Gasteiger partial charge in [-0.1, -0.05) is 6.07 Å². The second-order valence-corrected chi connectivity index (χ2v) is 7.44. The first-order valence-corrected chi connectivity index (χ1v) is 9.79. The summed E-state index contributed by atoms with van der Waals surface area (Å²) in [5, 5.41) is 33.0. The average Bonchev–Trinajstić information content (AvgIpc) is 3.34. The Balaban J connectivity index is 1.61. The quantitative estimate of drug-likeness (QED) is 0.234. The minimum absolute atomic E-state index is 0.00705. The van der Waals surface area contributed by atoms with Gasteiger partial charge in [0, 0.05) is 5.56 Å². The number of alkyl halides is 6. The van der Waals surface area contributed by atoms with Gasteiger partial charge in [0.1, 0.15) is 24.6 Å². The zero-order valence-corrected chi connectivity index (χ0v) is 17.2.